The van der Waals surface area contributed by atoms with Crippen LogP contribution in [0.1, 0.15) is 0 Å². The molecule has 0 aliphatic carbocycles. The summed E-state index contributed by atoms with van der Waals surface area (Å²) >= 11 is 0. The standard InChI is InChI=1S/C14H17F3N2O3/c15-14(16,17)13(20)18-11-1-3-12(4-2-11)22-10-7-19-5-8-21-9-6-19/h1-4H,5-10H2,(H,18,20). The highest BCUT2D eigenvalue weighted by Crippen LogP contribution is 2.20. The minimum atomic E-state index is -4.90. The van der Waals surface area contributed by atoms with Gasteiger partial charge in [-0.15, -0.1) is 0 Å². The number of ether oxygens (including phenoxy) is 2. The number of morpholine rings is 1. The number of nitrogens with zero attached hydrogens (tertiary/aromatic N) is 1. The third-order valence-electron chi connectivity index (χ3n) is 3.15. The maximum absolute atomic E-state index is 12.1. The van der Waals surface area contributed by atoms with Gasteiger partial charge < -0.3 is 14.8 Å². The van der Waals surface area contributed by atoms with Crippen LogP contribution in [0.5, 0.6) is 5.75 Å². The molecule has 8 heteroatoms. The Morgan fingerprint density at radius 3 is 2.45 bits per heavy atom. The third kappa shape index (κ3) is 5.19. The van der Waals surface area contributed by atoms with E-state index in [1.807, 2.05) is 0 Å². The number of hydrogen-bond donors (Lipinski definition) is 1. The van der Waals surface area contributed by atoms with Crippen LogP contribution in [0.15, 0.2) is 24.3 Å². The van der Waals surface area contributed by atoms with Gasteiger partial charge in [-0.2, -0.15) is 13.2 Å². The molecule has 1 amide bonds. The maximum Gasteiger partial charge on any atom is 0.471 e. The quantitative estimate of drug-likeness (QED) is 0.901. The molecule has 22 heavy (non-hydrogen) atoms. The summed E-state index contributed by atoms with van der Waals surface area (Å²) in [6, 6.07) is 5.78. The molecule has 0 bridgehead atoms. The highest BCUT2D eigenvalue weighted by molar-refractivity contribution is 5.94. The van der Waals surface area contributed by atoms with Crippen molar-refractivity contribution in [2.45, 2.75) is 6.18 Å². The number of amides is 1. The predicted molar refractivity (Wildman–Crippen MR) is 73.9 cm³/mol. The summed E-state index contributed by atoms with van der Waals surface area (Å²) in [7, 11) is 0. The zero-order valence-electron chi connectivity index (χ0n) is 11.9. The number of halogens is 3. The number of carbonyl (C=O) groups excluding carboxylic acids is 1. The average molecular weight is 318 g/mol. The van der Waals surface area contributed by atoms with E-state index < -0.39 is 12.1 Å². The first kappa shape index (κ1) is 16.6. The lowest BCUT2D eigenvalue weighted by Crippen LogP contribution is -2.38. The summed E-state index contributed by atoms with van der Waals surface area (Å²) in [4.78, 5) is 13.0. The largest absolute Gasteiger partial charge is 0.492 e. The number of hydrogen-bond acceptors (Lipinski definition) is 4. The molecule has 1 saturated heterocycles. The van der Waals surface area contributed by atoms with Gasteiger partial charge in [-0.25, -0.2) is 0 Å². The molecule has 0 aromatic heterocycles. The fourth-order valence-corrected chi connectivity index (χ4v) is 1.95. The van der Waals surface area contributed by atoms with Crippen LogP contribution in [0, 0.1) is 0 Å². The Morgan fingerprint density at radius 2 is 1.86 bits per heavy atom. The number of anilines is 1. The zero-order valence-corrected chi connectivity index (χ0v) is 11.9. The molecule has 0 spiro atoms. The molecule has 0 unspecified atom stereocenters. The molecule has 1 aliphatic heterocycles. The second-order valence-electron chi connectivity index (χ2n) is 4.78. The fraction of sp³-hybridized carbons (Fsp3) is 0.500. The first-order valence-corrected chi connectivity index (χ1v) is 6.86. The lowest BCUT2D eigenvalue weighted by Gasteiger charge is -2.26. The van der Waals surface area contributed by atoms with Gasteiger partial charge in [-0.3, -0.25) is 9.69 Å². The molecular weight excluding hydrogens is 301 g/mol. The van der Waals surface area contributed by atoms with Crippen LogP contribution in [0.25, 0.3) is 0 Å². The Morgan fingerprint density at radius 1 is 1.23 bits per heavy atom. The van der Waals surface area contributed by atoms with Gasteiger partial charge in [0.05, 0.1) is 13.2 Å². The highest BCUT2D eigenvalue weighted by Gasteiger charge is 2.38. The monoisotopic (exact) mass is 318 g/mol. The lowest BCUT2D eigenvalue weighted by molar-refractivity contribution is -0.167. The van der Waals surface area contributed by atoms with Gasteiger partial charge in [0.15, 0.2) is 0 Å². The van der Waals surface area contributed by atoms with Crippen molar-refractivity contribution >= 4 is 11.6 Å². The molecule has 122 valence electrons. The van der Waals surface area contributed by atoms with Crippen LogP contribution in [-0.4, -0.2) is 56.4 Å². The van der Waals surface area contributed by atoms with Gasteiger partial charge in [0.25, 0.3) is 0 Å². The Hall–Kier alpha value is -1.80. The van der Waals surface area contributed by atoms with Gasteiger partial charge in [0.1, 0.15) is 12.4 Å². The Bertz CT molecular complexity index is 485. The normalized spacial score (nSPS) is 16.3. The smallest absolute Gasteiger partial charge is 0.471 e. The summed E-state index contributed by atoms with van der Waals surface area (Å²) in [6.07, 6.45) is -4.90. The molecule has 5 nitrogen and oxygen atoms in total. The van der Waals surface area contributed by atoms with Crippen LogP contribution in [0.4, 0.5) is 18.9 Å². The van der Waals surface area contributed by atoms with Crippen molar-refractivity contribution in [3.8, 4) is 5.75 Å². The number of benzene rings is 1. The molecular formula is C14H17F3N2O3. The van der Waals surface area contributed by atoms with Crippen molar-refractivity contribution in [2.24, 2.45) is 0 Å². The molecule has 1 heterocycles. The topological polar surface area (TPSA) is 50.8 Å². The maximum atomic E-state index is 12.1. The summed E-state index contributed by atoms with van der Waals surface area (Å²) in [5.41, 5.74) is 0.0721. The van der Waals surface area contributed by atoms with Crippen molar-refractivity contribution in [3.05, 3.63) is 24.3 Å². The van der Waals surface area contributed by atoms with E-state index in [-0.39, 0.29) is 5.69 Å². The zero-order chi connectivity index (χ0) is 16.0. The molecule has 1 aromatic rings. The fourth-order valence-electron chi connectivity index (χ4n) is 1.95. The van der Waals surface area contributed by atoms with E-state index >= 15 is 0 Å². The number of nitrogens with one attached hydrogen (secondary N) is 1. The summed E-state index contributed by atoms with van der Waals surface area (Å²) in [5.74, 6) is -1.45. The van der Waals surface area contributed by atoms with E-state index in [2.05, 4.69) is 4.90 Å². The second-order valence-corrected chi connectivity index (χ2v) is 4.78. The molecule has 1 fully saturated rings. The Balaban J connectivity index is 1.75. The summed E-state index contributed by atoms with van der Waals surface area (Å²) in [5, 5.41) is 1.78. The van der Waals surface area contributed by atoms with Crippen LogP contribution < -0.4 is 10.1 Å². The van der Waals surface area contributed by atoms with E-state index in [9.17, 15) is 18.0 Å². The first-order chi connectivity index (χ1) is 10.4. The molecule has 0 atom stereocenters. The lowest BCUT2D eigenvalue weighted by atomic mass is 10.3. The van der Waals surface area contributed by atoms with Crippen molar-refractivity contribution in [1.82, 2.24) is 4.90 Å². The van der Waals surface area contributed by atoms with E-state index in [0.717, 1.165) is 19.6 Å². The Kier molecular flexibility index (Phi) is 5.62. The van der Waals surface area contributed by atoms with Gasteiger partial charge in [-0.05, 0) is 24.3 Å². The van der Waals surface area contributed by atoms with Crippen molar-refractivity contribution in [1.29, 1.82) is 0 Å². The van der Waals surface area contributed by atoms with Crippen LogP contribution in [-0.2, 0) is 9.53 Å². The van der Waals surface area contributed by atoms with Crippen LogP contribution in [0.2, 0.25) is 0 Å². The molecule has 0 radical (unpaired) electrons. The van der Waals surface area contributed by atoms with Crippen molar-refractivity contribution < 1.29 is 27.4 Å². The summed E-state index contributed by atoms with van der Waals surface area (Å²) < 4.78 is 47.1. The summed E-state index contributed by atoms with van der Waals surface area (Å²) in [6.45, 7) is 4.41. The third-order valence-corrected chi connectivity index (χ3v) is 3.15. The van der Waals surface area contributed by atoms with Gasteiger partial charge in [0.2, 0.25) is 0 Å². The van der Waals surface area contributed by atoms with E-state index in [0.29, 0.717) is 25.6 Å². The molecule has 1 aliphatic rings. The highest BCUT2D eigenvalue weighted by atomic mass is 19.4. The van der Waals surface area contributed by atoms with Crippen LogP contribution >= 0.6 is 0 Å². The van der Waals surface area contributed by atoms with Crippen molar-refractivity contribution in [3.63, 3.8) is 0 Å². The minimum Gasteiger partial charge on any atom is -0.492 e. The van der Waals surface area contributed by atoms with Crippen molar-refractivity contribution in [2.75, 3.05) is 44.8 Å². The van der Waals surface area contributed by atoms with E-state index in [4.69, 9.17) is 9.47 Å². The van der Waals surface area contributed by atoms with E-state index in [1.54, 1.807) is 5.32 Å². The van der Waals surface area contributed by atoms with E-state index in [1.165, 1.54) is 24.3 Å². The SMILES string of the molecule is O=C(Nc1ccc(OCCN2CCOCC2)cc1)C(F)(F)F. The van der Waals surface area contributed by atoms with Gasteiger partial charge >= 0.3 is 12.1 Å². The number of rotatable bonds is 5. The molecule has 0 saturated carbocycles. The Labute approximate surface area is 126 Å². The molecule has 2 rings (SSSR count). The predicted octanol–water partition coefficient (Wildman–Crippen LogP) is 1.90. The molecule has 1 N–H and O–H groups in total. The average Bonchev–Trinajstić information content (AvgIpc) is 2.49. The van der Waals surface area contributed by atoms with Gasteiger partial charge in [0, 0.05) is 25.3 Å². The number of carbonyl (C=O) groups is 1. The first-order valence-electron chi connectivity index (χ1n) is 6.86. The van der Waals surface area contributed by atoms with Crippen LogP contribution in [0.3, 0.4) is 0 Å². The van der Waals surface area contributed by atoms with Gasteiger partial charge in [-0.1, -0.05) is 0 Å². The number of alkyl halides is 3. The minimum absolute atomic E-state index is 0.0721. The second kappa shape index (κ2) is 7.46. The molecule has 1 aromatic carbocycles.